The van der Waals surface area contributed by atoms with Crippen molar-refractivity contribution in [3.05, 3.63) is 70.4 Å². The summed E-state index contributed by atoms with van der Waals surface area (Å²) in [5, 5.41) is 11.6. The van der Waals surface area contributed by atoms with Gasteiger partial charge in [0, 0.05) is 55.6 Å². The molecule has 3 aromatic rings. The lowest BCUT2D eigenvalue weighted by Crippen LogP contribution is -2.48. The summed E-state index contributed by atoms with van der Waals surface area (Å²) in [6.45, 7) is 3.61. The van der Waals surface area contributed by atoms with Crippen molar-refractivity contribution in [2.75, 3.05) is 31.1 Å². The molecule has 1 aromatic heterocycles. The van der Waals surface area contributed by atoms with Crippen LogP contribution < -0.4 is 4.90 Å². The fraction of sp³-hybridized carbons (Fsp3) is 0.250. The standard InChI is InChI=1S/C20H20N4O4S/c1-15-13-16-3-2-4-19(20(16)21-14-15)29(27,28)23-11-9-22(10-12-23)17-5-7-18(8-6-17)24(25)26/h2-8,13-14H,9-12H2,1H3. The van der Waals surface area contributed by atoms with E-state index < -0.39 is 14.9 Å². The van der Waals surface area contributed by atoms with Gasteiger partial charge in [-0.15, -0.1) is 0 Å². The molecule has 4 rings (SSSR count). The fourth-order valence-electron chi connectivity index (χ4n) is 3.56. The number of para-hydroxylation sites is 1. The summed E-state index contributed by atoms with van der Waals surface area (Å²) in [6.07, 6.45) is 1.67. The fourth-order valence-corrected chi connectivity index (χ4v) is 5.15. The predicted octanol–water partition coefficient (Wildman–Crippen LogP) is 2.96. The predicted molar refractivity (Wildman–Crippen MR) is 111 cm³/mol. The van der Waals surface area contributed by atoms with Crippen LogP contribution >= 0.6 is 0 Å². The number of anilines is 1. The summed E-state index contributed by atoms with van der Waals surface area (Å²) in [7, 11) is -3.67. The molecule has 0 radical (unpaired) electrons. The van der Waals surface area contributed by atoms with Gasteiger partial charge in [0.15, 0.2) is 0 Å². The monoisotopic (exact) mass is 412 g/mol. The third-order valence-corrected chi connectivity index (χ3v) is 7.02. The van der Waals surface area contributed by atoms with Crippen LogP contribution in [0.15, 0.2) is 59.6 Å². The highest BCUT2D eigenvalue weighted by Gasteiger charge is 2.30. The maximum Gasteiger partial charge on any atom is 0.269 e. The minimum Gasteiger partial charge on any atom is -0.369 e. The summed E-state index contributed by atoms with van der Waals surface area (Å²) in [5.41, 5.74) is 2.34. The Morgan fingerprint density at radius 3 is 2.38 bits per heavy atom. The Labute approximate surface area is 168 Å². The van der Waals surface area contributed by atoms with Crippen molar-refractivity contribution in [3.8, 4) is 0 Å². The summed E-state index contributed by atoms with van der Waals surface area (Å²) in [4.78, 5) is 17.0. The van der Waals surface area contributed by atoms with Crippen LogP contribution in [-0.2, 0) is 10.0 Å². The van der Waals surface area contributed by atoms with Crippen molar-refractivity contribution in [3.63, 3.8) is 0 Å². The number of nitro groups is 1. The first-order valence-electron chi connectivity index (χ1n) is 9.21. The van der Waals surface area contributed by atoms with Crippen molar-refractivity contribution in [2.45, 2.75) is 11.8 Å². The molecule has 150 valence electrons. The van der Waals surface area contributed by atoms with Gasteiger partial charge in [0.05, 0.1) is 10.4 Å². The van der Waals surface area contributed by atoms with Crippen molar-refractivity contribution in [2.24, 2.45) is 0 Å². The molecule has 0 bridgehead atoms. The molecule has 0 amide bonds. The number of hydrogen-bond donors (Lipinski definition) is 0. The van der Waals surface area contributed by atoms with Crippen molar-refractivity contribution in [1.29, 1.82) is 0 Å². The molecule has 0 unspecified atom stereocenters. The lowest BCUT2D eigenvalue weighted by Gasteiger charge is -2.35. The number of sulfonamides is 1. The molecule has 0 N–H and O–H groups in total. The molecule has 29 heavy (non-hydrogen) atoms. The third kappa shape index (κ3) is 3.66. The first-order chi connectivity index (χ1) is 13.9. The molecule has 1 saturated heterocycles. The molecule has 0 spiro atoms. The van der Waals surface area contributed by atoms with E-state index in [9.17, 15) is 18.5 Å². The maximum atomic E-state index is 13.2. The van der Waals surface area contributed by atoms with Gasteiger partial charge < -0.3 is 4.90 Å². The zero-order chi connectivity index (χ0) is 20.6. The van der Waals surface area contributed by atoms with E-state index in [-0.39, 0.29) is 10.6 Å². The quantitative estimate of drug-likeness (QED) is 0.483. The van der Waals surface area contributed by atoms with Gasteiger partial charge in [-0.2, -0.15) is 4.31 Å². The molecule has 2 aromatic carbocycles. The number of piperazine rings is 1. The van der Waals surface area contributed by atoms with Gasteiger partial charge in [-0.25, -0.2) is 8.42 Å². The number of aryl methyl sites for hydroxylation is 1. The van der Waals surface area contributed by atoms with Gasteiger partial charge in [-0.1, -0.05) is 12.1 Å². The number of non-ortho nitro benzene ring substituents is 1. The van der Waals surface area contributed by atoms with Crippen LogP contribution in [0.4, 0.5) is 11.4 Å². The van der Waals surface area contributed by atoms with E-state index in [1.54, 1.807) is 30.5 Å². The molecule has 1 fully saturated rings. The van der Waals surface area contributed by atoms with E-state index in [4.69, 9.17) is 0 Å². The van der Waals surface area contributed by atoms with E-state index in [1.165, 1.54) is 16.4 Å². The zero-order valence-corrected chi connectivity index (χ0v) is 16.7. The molecular weight excluding hydrogens is 392 g/mol. The van der Waals surface area contributed by atoms with E-state index in [2.05, 4.69) is 4.98 Å². The van der Waals surface area contributed by atoms with E-state index in [1.807, 2.05) is 24.0 Å². The average molecular weight is 412 g/mol. The molecule has 1 aliphatic heterocycles. The maximum absolute atomic E-state index is 13.2. The number of nitrogens with zero attached hydrogens (tertiary/aromatic N) is 4. The SMILES string of the molecule is Cc1cnc2c(S(=O)(=O)N3CCN(c4ccc([N+](=O)[O-])cc4)CC3)cccc2c1. The highest BCUT2D eigenvalue weighted by atomic mass is 32.2. The molecule has 1 aliphatic rings. The Bertz CT molecular complexity index is 1170. The number of hydrogen-bond acceptors (Lipinski definition) is 6. The Hall–Kier alpha value is -3.04. The Morgan fingerprint density at radius 1 is 1.03 bits per heavy atom. The minimum atomic E-state index is -3.67. The van der Waals surface area contributed by atoms with Gasteiger partial charge in [0.1, 0.15) is 4.90 Å². The summed E-state index contributed by atoms with van der Waals surface area (Å²) < 4.78 is 28.0. The van der Waals surface area contributed by atoms with Crippen LogP contribution in [0.1, 0.15) is 5.56 Å². The summed E-state index contributed by atoms with van der Waals surface area (Å²) in [5.74, 6) is 0. The van der Waals surface area contributed by atoms with Gasteiger partial charge in [-0.3, -0.25) is 15.1 Å². The second-order valence-corrected chi connectivity index (χ2v) is 8.91. The average Bonchev–Trinajstić information content (AvgIpc) is 2.73. The van der Waals surface area contributed by atoms with Crippen LogP contribution in [0.3, 0.4) is 0 Å². The van der Waals surface area contributed by atoms with Crippen molar-refractivity contribution in [1.82, 2.24) is 9.29 Å². The van der Waals surface area contributed by atoms with Crippen molar-refractivity contribution < 1.29 is 13.3 Å². The minimum absolute atomic E-state index is 0.0358. The number of aromatic nitrogens is 1. The van der Waals surface area contributed by atoms with E-state index in [0.717, 1.165) is 16.6 Å². The topological polar surface area (TPSA) is 96.7 Å². The van der Waals surface area contributed by atoms with Crippen LogP contribution in [0.25, 0.3) is 10.9 Å². The lowest BCUT2D eigenvalue weighted by molar-refractivity contribution is -0.384. The Kier molecular flexibility index (Phi) is 4.93. The molecule has 0 saturated carbocycles. The highest BCUT2D eigenvalue weighted by Crippen LogP contribution is 2.27. The first kappa shape index (κ1) is 19.3. The summed E-state index contributed by atoms with van der Waals surface area (Å²) in [6, 6.07) is 13.4. The normalized spacial score (nSPS) is 15.6. The Morgan fingerprint density at radius 2 is 1.72 bits per heavy atom. The molecule has 2 heterocycles. The number of benzene rings is 2. The number of fused-ring (bicyclic) bond motifs is 1. The molecular formula is C20H20N4O4S. The smallest absolute Gasteiger partial charge is 0.269 e. The van der Waals surface area contributed by atoms with Crippen molar-refractivity contribution >= 4 is 32.3 Å². The van der Waals surface area contributed by atoms with Gasteiger partial charge in [0.25, 0.3) is 5.69 Å². The largest absolute Gasteiger partial charge is 0.369 e. The van der Waals surface area contributed by atoms with Gasteiger partial charge >= 0.3 is 0 Å². The molecule has 0 aliphatic carbocycles. The number of pyridine rings is 1. The second-order valence-electron chi connectivity index (χ2n) is 7.01. The zero-order valence-electron chi connectivity index (χ0n) is 15.9. The highest BCUT2D eigenvalue weighted by molar-refractivity contribution is 7.89. The molecule has 0 atom stereocenters. The molecule has 9 heteroatoms. The van der Waals surface area contributed by atoms with E-state index >= 15 is 0 Å². The van der Waals surface area contributed by atoms with E-state index in [0.29, 0.717) is 31.7 Å². The first-order valence-corrected chi connectivity index (χ1v) is 10.7. The van der Waals surface area contributed by atoms with Gasteiger partial charge in [0.2, 0.25) is 10.0 Å². The third-order valence-electron chi connectivity index (χ3n) is 5.09. The summed E-state index contributed by atoms with van der Waals surface area (Å²) >= 11 is 0. The van der Waals surface area contributed by atoms with Crippen LogP contribution in [-0.4, -0.2) is 48.8 Å². The Balaban J connectivity index is 1.54. The van der Waals surface area contributed by atoms with Crippen LogP contribution in [0, 0.1) is 17.0 Å². The van der Waals surface area contributed by atoms with Gasteiger partial charge in [-0.05, 0) is 36.8 Å². The van der Waals surface area contributed by atoms with Crippen LogP contribution in [0.5, 0.6) is 0 Å². The lowest BCUT2D eigenvalue weighted by atomic mass is 10.2. The van der Waals surface area contributed by atoms with Crippen LogP contribution in [0.2, 0.25) is 0 Å². The second kappa shape index (κ2) is 7.41. The number of nitro benzene ring substituents is 1. The molecule has 8 nitrogen and oxygen atoms in total. The number of rotatable bonds is 4.